The van der Waals surface area contributed by atoms with Crippen LogP contribution in [0.25, 0.3) is 22.8 Å². The number of nitrogens with zero attached hydrogens (tertiary/aromatic N) is 2. The fourth-order valence-corrected chi connectivity index (χ4v) is 3.96. The number of anilines is 1. The Bertz CT molecular complexity index is 1320. The zero-order valence-corrected chi connectivity index (χ0v) is 20.8. The van der Waals surface area contributed by atoms with Crippen LogP contribution in [-0.2, 0) is 4.79 Å². The number of amides is 1. The Balaban J connectivity index is 1.44. The van der Waals surface area contributed by atoms with Gasteiger partial charge in [-0.05, 0) is 54.3 Å². The molecule has 4 rings (SSSR count). The summed E-state index contributed by atoms with van der Waals surface area (Å²) in [7, 11) is 0. The Morgan fingerprint density at radius 2 is 1.62 bits per heavy atom. The maximum absolute atomic E-state index is 12.2. The highest BCUT2D eigenvalue weighted by atomic mass is 16.5. The molecule has 0 radical (unpaired) electrons. The van der Waals surface area contributed by atoms with Crippen LogP contribution in [0.1, 0.15) is 48.7 Å². The Morgan fingerprint density at radius 1 is 0.919 bits per heavy atom. The number of rotatable bonds is 11. The number of benzene rings is 3. The van der Waals surface area contributed by atoms with Crippen molar-refractivity contribution >= 4 is 17.6 Å². The number of nitrogens with one attached hydrogen (secondary N) is 2. The fourth-order valence-electron chi connectivity index (χ4n) is 3.96. The summed E-state index contributed by atoms with van der Waals surface area (Å²) >= 11 is 0. The molecule has 3 N–H and O–H groups in total. The van der Waals surface area contributed by atoms with Gasteiger partial charge in [0.1, 0.15) is 0 Å². The van der Waals surface area contributed by atoms with E-state index >= 15 is 0 Å². The van der Waals surface area contributed by atoms with Gasteiger partial charge in [-0.25, -0.2) is 0 Å². The number of hydrogen-bond donors (Lipinski definition) is 3. The van der Waals surface area contributed by atoms with Crippen LogP contribution in [0.2, 0.25) is 0 Å². The van der Waals surface area contributed by atoms with Gasteiger partial charge in [-0.3, -0.25) is 9.59 Å². The molecule has 1 atom stereocenters. The maximum atomic E-state index is 12.2. The van der Waals surface area contributed by atoms with E-state index in [9.17, 15) is 9.59 Å². The summed E-state index contributed by atoms with van der Waals surface area (Å²) < 4.78 is 5.44. The molecule has 0 saturated carbocycles. The average Bonchev–Trinajstić information content (AvgIpc) is 3.39. The van der Waals surface area contributed by atoms with Crippen LogP contribution in [0.3, 0.4) is 0 Å². The number of carbonyl (C=O) groups excluding carboxylic acids is 1. The zero-order chi connectivity index (χ0) is 26.2. The second-order valence-corrected chi connectivity index (χ2v) is 9.21. The molecule has 0 aliphatic rings. The van der Waals surface area contributed by atoms with E-state index in [4.69, 9.17) is 9.63 Å². The van der Waals surface area contributed by atoms with Crippen molar-refractivity contribution < 1.29 is 19.2 Å². The van der Waals surface area contributed by atoms with Crippen LogP contribution in [0.15, 0.2) is 83.4 Å². The molecular formula is C29H30N4O4. The van der Waals surface area contributed by atoms with Crippen LogP contribution in [0.5, 0.6) is 0 Å². The van der Waals surface area contributed by atoms with Crippen molar-refractivity contribution in [3.8, 4) is 22.8 Å². The van der Waals surface area contributed by atoms with Crippen molar-refractivity contribution in [3.63, 3.8) is 0 Å². The molecule has 0 bridgehead atoms. The van der Waals surface area contributed by atoms with Gasteiger partial charge < -0.3 is 20.3 Å². The normalized spacial score (nSPS) is 11.8. The number of aromatic nitrogens is 2. The summed E-state index contributed by atoms with van der Waals surface area (Å²) in [6, 6.07) is 25.0. The summed E-state index contributed by atoms with van der Waals surface area (Å²) in [5.74, 6) is 0.244. The molecule has 0 aliphatic heterocycles. The highest BCUT2D eigenvalue weighted by Crippen LogP contribution is 2.29. The highest BCUT2D eigenvalue weighted by Gasteiger charge is 2.16. The average molecular weight is 499 g/mol. The van der Waals surface area contributed by atoms with Crippen molar-refractivity contribution in [2.75, 3.05) is 11.9 Å². The number of aliphatic carboxylic acids is 1. The second-order valence-electron chi connectivity index (χ2n) is 9.21. The van der Waals surface area contributed by atoms with E-state index in [1.54, 1.807) is 12.1 Å². The molecule has 0 fully saturated rings. The number of carbonyl (C=O) groups is 2. The lowest BCUT2D eigenvalue weighted by atomic mass is 9.95. The first kappa shape index (κ1) is 25.6. The first-order valence-corrected chi connectivity index (χ1v) is 12.2. The van der Waals surface area contributed by atoms with E-state index in [1.807, 2.05) is 54.6 Å². The van der Waals surface area contributed by atoms with E-state index in [2.05, 4.69) is 46.8 Å². The topological polar surface area (TPSA) is 117 Å². The van der Waals surface area contributed by atoms with E-state index in [-0.39, 0.29) is 24.9 Å². The third-order valence-corrected chi connectivity index (χ3v) is 5.84. The van der Waals surface area contributed by atoms with Crippen molar-refractivity contribution in [2.24, 2.45) is 5.92 Å². The summed E-state index contributed by atoms with van der Waals surface area (Å²) in [4.78, 5) is 27.4. The molecule has 8 heteroatoms. The summed E-state index contributed by atoms with van der Waals surface area (Å²) in [5, 5.41) is 19.1. The zero-order valence-electron chi connectivity index (χ0n) is 20.8. The minimum absolute atomic E-state index is 0.0643. The van der Waals surface area contributed by atoms with Gasteiger partial charge in [-0.2, -0.15) is 4.98 Å². The predicted molar refractivity (Wildman–Crippen MR) is 142 cm³/mol. The van der Waals surface area contributed by atoms with E-state index in [0.717, 1.165) is 28.8 Å². The predicted octanol–water partition coefficient (Wildman–Crippen LogP) is 5.81. The van der Waals surface area contributed by atoms with Crippen LogP contribution in [0, 0.1) is 5.92 Å². The van der Waals surface area contributed by atoms with Gasteiger partial charge in [0.15, 0.2) is 0 Å². The van der Waals surface area contributed by atoms with E-state index in [1.165, 1.54) is 0 Å². The molecule has 37 heavy (non-hydrogen) atoms. The van der Waals surface area contributed by atoms with Crippen LogP contribution in [-0.4, -0.2) is 33.7 Å². The Labute approximate surface area is 215 Å². The lowest BCUT2D eigenvalue weighted by Gasteiger charge is -2.22. The molecule has 0 aliphatic carbocycles. The van der Waals surface area contributed by atoms with E-state index < -0.39 is 5.97 Å². The molecule has 4 aromatic rings. The number of carboxylic acid groups (broad SMARTS) is 1. The largest absolute Gasteiger partial charge is 0.481 e. The molecule has 1 aromatic heterocycles. The molecule has 3 aromatic carbocycles. The lowest BCUT2D eigenvalue weighted by molar-refractivity contribution is -0.136. The van der Waals surface area contributed by atoms with Gasteiger partial charge in [0.05, 0.1) is 12.5 Å². The Hall–Kier alpha value is -4.46. The molecule has 0 spiro atoms. The summed E-state index contributed by atoms with van der Waals surface area (Å²) in [6.45, 7) is 4.45. The number of carboxylic acids is 1. The molecule has 0 saturated heterocycles. The molecule has 1 amide bonds. The molecule has 1 heterocycles. The van der Waals surface area contributed by atoms with Crippen LogP contribution < -0.4 is 10.6 Å². The first-order valence-electron chi connectivity index (χ1n) is 12.2. The molecule has 8 nitrogen and oxygen atoms in total. The fraction of sp³-hybridized carbons (Fsp3) is 0.241. The minimum Gasteiger partial charge on any atom is -0.481 e. The Kier molecular flexibility index (Phi) is 8.30. The lowest BCUT2D eigenvalue weighted by Crippen LogP contribution is -2.25. The van der Waals surface area contributed by atoms with Crippen LogP contribution in [0.4, 0.5) is 5.69 Å². The number of hydrogen-bond acceptors (Lipinski definition) is 6. The summed E-state index contributed by atoms with van der Waals surface area (Å²) in [5.41, 5.74) is 4.25. The van der Waals surface area contributed by atoms with Gasteiger partial charge in [-0.1, -0.05) is 61.5 Å². The maximum Gasteiger partial charge on any atom is 0.305 e. The van der Waals surface area contributed by atoms with Crippen molar-refractivity contribution in [1.82, 2.24) is 15.5 Å². The van der Waals surface area contributed by atoms with E-state index in [0.29, 0.717) is 23.2 Å². The SMILES string of the molecule is CC(C)C[C@H](Nc1ccc(C(=O)NCCC(=O)O)cc1)c1ccc(-c2noc(-c3ccccc3)n2)cc1. The van der Waals surface area contributed by atoms with Crippen molar-refractivity contribution in [2.45, 2.75) is 32.7 Å². The monoisotopic (exact) mass is 498 g/mol. The Morgan fingerprint density at radius 3 is 2.27 bits per heavy atom. The molecule has 190 valence electrons. The third-order valence-electron chi connectivity index (χ3n) is 5.84. The standard InChI is InChI=1S/C29H30N4O4/c1-19(2)18-25(31-24-14-12-22(13-15-24)28(36)30-17-16-26(34)35)20-8-10-21(11-9-20)27-32-29(37-33-27)23-6-4-3-5-7-23/h3-15,19,25,31H,16-18H2,1-2H3,(H,30,36)(H,34,35)/t25-/m0/s1. The smallest absolute Gasteiger partial charge is 0.305 e. The quantitative estimate of drug-likeness (QED) is 0.239. The summed E-state index contributed by atoms with van der Waals surface area (Å²) in [6.07, 6.45) is 0.805. The van der Waals surface area contributed by atoms with Gasteiger partial charge in [0.2, 0.25) is 5.82 Å². The molecular weight excluding hydrogens is 468 g/mol. The van der Waals surface area contributed by atoms with Crippen molar-refractivity contribution in [1.29, 1.82) is 0 Å². The van der Waals surface area contributed by atoms with Gasteiger partial charge in [-0.15, -0.1) is 0 Å². The first-order chi connectivity index (χ1) is 17.9. The van der Waals surface area contributed by atoms with Crippen LogP contribution >= 0.6 is 0 Å². The van der Waals surface area contributed by atoms with Crippen molar-refractivity contribution in [3.05, 3.63) is 90.0 Å². The highest BCUT2D eigenvalue weighted by molar-refractivity contribution is 5.94. The second kappa shape index (κ2) is 12.0. The third kappa shape index (κ3) is 7.04. The van der Waals surface area contributed by atoms with Gasteiger partial charge >= 0.3 is 5.97 Å². The van der Waals surface area contributed by atoms with Gasteiger partial charge in [0.25, 0.3) is 11.8 Å². The minimum atomic E-state index is -0.946. The molecule has 0 unspecified atom stereocenters. The van der Waals surface area contributed by atoms with Gasteiger partial charge in [0, 0.05) is 28.9 Å².